The van der Waals surface area contributed by atoms with Crippen LogP contribution in [0.3, 0.4) is 0 Å². The van der Waals surface area contributed by atoms with Gasteiger partial charge in [-0.25, -0.2) is 0 Å². The molecule has 0 radical (unpaired) electrons. The second-order valence-electron chi connectivity index (χ2n) is 2.67. The van der Waals surface area contributed by atoms with Gasteiger partial charge in [-0.05, 0) is 6.92 Å². The van der Waals surface area contributed by atoms with Crippen molar-refractivity contribution in [2.45, 2.75) is 25.7 Å². The fourth-order valence-corrected chi connectivity index (χ4v) is 0.807. The average molecular weight is 238 g/mol. The Balaban J connectivity index is 4.68. The van der Waals surface area contributed by atoms with Gasteiger partial charge in [0.2, 0.25) is 0 Å². The van der Waals surface area contributed by atoms with Crippen LogP contribution in [0.4, 0.5) is 26.3 Å². The number of esters is 1. The molecule has 8 heteroatoms. The minimum atomic E-state index is -5.25. The molecule has 0 aromatic heterocycles. The van der Waals surface area contributed by atoms with Gasteiger partial charge in [-0.15, -0.1) is 0 Å². The van der Waals surface area contributed by atoms with Crippen molar-refractivity contribution in [2.24, 2.45) is 5.92 Å². The summed E-state index contributed by atoms with van der Waals surface area (Å²) in [4.78, 5) is 10.6. The molecule has 1 unspecified atom stereocenters. The van der Waals surface area contributed by atoms with Crippen molar-refractivity contribution >= 4 is 5.97 Å². The van der Waals surface area contributed by atoms with E-state index in [1.54, 1.807) is 0 Å². The minimum Gasteiger partial charge on any atom is -0.466 e. The first kappa shape index (κ1) is 14.0. The van der Waals surface area contributed by atoms with Crippen LogP contribution < -0.4 is 0 Å². The molecule has 0 saturated carbocycles. The Morgan fingerprint density at radius 1 is 1.20 bits per heavy atom. The molecule has 0 fully saturated rings. The summed E-state index contributed by atoms with van der Waals surface area (Å²) < 4.78 is 75.2. The maximum Gasteiger partial charge on any atom is 0.402 e. The molecule has 0 amide bonds. The molecule has 0 aliphatic heterocycles. The molecule has 90 valence electrons. The van der Waals surface area contributed by atoms with Gasteiger partial charge in [-0.1, -0.05) is 0 Å². The van der Waals surface area contributed by atoms with E-state index in [0.717, 1.165) is 0 Å². The molecule has 0 saturated heterocycles. The molecule has 2 nitrogen and oxygen atoms in total. The maximum atomic E-state index is 12.0. The van der Waals surface area contributed by atoms with Crippen LogP contribution in [0, 0.1) is 5.92 Å². The summed E-state index contributed by atoms with van der Waals surface area (Å²) in [5.41, 5.74) is 0. The fraction of sp³-hybridized carbons (Fsp3) is 0.857. The van der Waals surface area contributed by atoms with E-state index in [2.05, 4.69) is 4.74 Å². The van der Waals surface area contributed by atoms with E-state index in [9.17, 15) is 31.1 Å². The number of carbonyl (C=O) groups is 1. The van der Waals surface area contributed by atoms with E-state index in [4.69, 9.17) is 0 Å². The van der Waals surface area contributed by atoms with Crippen molar-refractivity contribution in [1.29, 1.82) is 0 Å². The Morgan fingerprint density at radius 3 is 1.93 bits per heavy atom. The van der Waals surface area contributed by atoms with E-state index < -0.39 is 37.3 Å². The highest BCUT2D eigenvalue weighted by Gasteiger charge is 2.51. The molecular formula is C7H8F6O2. The first-order valence-corrected chi connectivity index (χ1v) is 3.88. The predicted octanol–water partition coefficient (Wildman–Crippen LogP) is 2.68. The van der Waals surface area contributed by atoms with Gasteiger partial charge < -0.3 is 4.74 Å². The zero-order valence-electron chi connectivity index (χ0n) is 7.58. The van der Waals surface area contributed by atoms with Crippen LogP contribution in [-0.2, 0) is 9.53 Å². The molecule has 15 heavy (non-hydrogen) atoms. The first-order chi connectivity index (χ1) is 6.58. The third-order valence-corrected chi connectivity index (χ3v) is 1.40. The summed E-state index contributed by atoms with van der Waals surface area (Å²) in [6.45, 7) is 0.808. The van der Waals surface area contributed by atoms with Crippen molar-refractivity contribution in [3.63, 3.8) is 0 Å². The highest BCUT2D eigenvalue weighted by Crippen LogP contribution is 2.36. The van der Waals surface area contributed by atoms with Gasteiger partial charge in [0.15, 0.2) is 5.92 Å². The summed E-state index contributed by atoms with van der Waals surface area (Å²) in [7, 11) is 0. The largest absolute Gasteiger partial charge is 0.466 e. The monoisotopic (exact) mass is 238 g/mol. The lowest BCUT2D eigenvalue weighted by molar-refractivity contribution is -0.227. The standard InChI is InChI=1S/C7H8F6O2/c1-2-15-5(14)4(7(11,12)13)3-6(8,9)10/h4H,2-3H2,1H3. The molecule has 0 spiro atoms. The van der Waals surface area contributed by atoms with Crippen molar-refractivity contribution in [3.05, 3.63) is 0 Å². The highest BCUT2D eigenvalue weighted by molar-refractivity contribution is 5.73. The summed E-state index contributed by atoms with van der Waals surface area (Å²) in [6.07, 6.45) is -12.6. The van der Waals surface area contributed by atoms with Gasteiger partial charge in [-0.3, -0.25) is 4.79 Å². The smallest absolute Gasteiger partial charge is 0.402 e. The SMILES string of the molecule is CCOC(=O)C(CC(F)(F)F)C(F)(F)F. The van der Waals surface area contributed by atoms with Crippen LogP contribution in [0.2, 0.25) is 0 Å². The van der Waals surface area contributed by atoms with Crippen molar-refractivity contribution in [2.75, 3.05) is 6.61 Å². The van der Waals surface area contributed by atoms with Crippen LogP contribution in [0.5, 0.6) is 0 Å². The van der Waals surface area contributed by atoms with E-state index >= 15 is 0 Å². The minimum absolute atomic E-state index is 0.400. The van der Waals surface area contributed by atoms with Crippen LogP contribution in [-0.4, -0.2) is 24.9 Å². The second-order valence-corrected chi connectivity index (χ2v) is 2.67. The zero-order chi connectivity index (χ0) is 12.3. The number of hydrogen-bond acceptors (Lipinski definition) is 2. The quantitative estimate of drug-likeness (QED) is 0.558. The first-order valence-electron chi connectivity index (χ1n) is 3.88. The number of halogens is 6. The van der Waals surface area contributed by atoms with E-state index in [0.29, 0.717) is 0 Å². The van der Waals surface area contributed by atoms with Crippen LogP contribution in [0.1, 0.15) is 13.3 Å². The lowest BCUT2D eigenvalue weighted by atomic mass is 10.1. The lowest BCUT2D eigenvalue weighted by Gasteiger charge is -2.19. The van der Waals surface area contributed by atoms with Crippen molar-refractivity contribution < 1.29 is 35.9 Å². The van der Waals surface area contributed by atoms with Gasteiger partial charge in [-0.2, -0.15) is 26.3 Å². The van der Waals surface area contributed by atoms with Crippen LogP contribution >= 0.6 is 0 Å². The summed E-state index contributed by atoms with van der Waals surface area (Å²) in [5, 5.41) is 0. The number of hydrogen-bond donors (Lipinski definition) is 0. The number of alkyl halides is 6. The van der Waals surface area contributed by atoms with Gasteiger partial charge in [0.05, 0.1) is 13.0 Å². The van der Waals surface area contributed by atoms with Gasteiger partial charge in [0, 0.05) is 0 Å². The maximum absolute atomic E-state index is 12.0. The molecule has 0 heterocycles. The molecule has 0 N–H and O–H groups in total. The summed E-state index contributed by atoms with van der Waals surface area (Å²) in [6, 6.07) is 0. The topological polar surface area (TPSA) is 26.3 Å². The van der Waals surface area contributed by atoms with Crippen molar-refractivity contribution in [1.82, 2.24) is 0 Å². The lowest BCUT2D eigenvalue weighted by Crippen LogP contribution is -2.36. The average Bonchev–Trinajstić information content (AvgIpc) is 1.97. The molecule has 0 aromatic carbocycles. The molecule has 0 rings (SSSR count). The molecule has 0 bridgehead atoms. The predicted molar refractivity (Wildman–Crippen MR) is 36.9 cm³/mol. The Bertz CT molecular complexity index is 219. The van der Waals surface area contributed by atoms with Crippen molar-refractivity contribution in [3.8, 4) is 0 Å². The van der Waals surface area contributed by atoms with Gasteiger partial charge >= 0.3 is 18.3 Å². The van der Waals surface area contributed by atoms with E-state index in [-0.39, 0.29) is 0 Å². The van der Waals surface area contributed by atoms with Gasteiger partial charge in [0.25, 0.3) is 0 Å². The normalized spacial score (nSPS) is 14.9. The summed E-state index contributed by atoms with van der Waals surface area (Å²) in [5.74, 6) is -5.04. The molecule has 1 atom stereocenters. The molecule has 0 aliphatic carbocycles. The highest BCUT2D eigenvalue weighted by atomic mass is 19.4. The Kier molecular flexibility index (Phi) is 4.42. The zero-order valence-corrected chi connectivity index (χ0v) is 7.58. The van der Waals surface area contributed by atoms with Crippen LogP contribution in [0.15, 0.2) is 0 Å². The number of ether oxygens (including phenoxy) is 1. The molecule has 0 aromatic rings. The number of rotatable bonds is 3. The Labute approximate surface area is 81.2 Å². The van der Waals surface area contributed by atoms with Gasteiger partial charge in [0.1, 0.15) is 0 Å². The molecular weight excluding hydrogens is 230 g/mol. The summed E-state index contributed by atoms with van der Waals surface area (Å²) >= 11 is 0. The van der Waals surface area contributed by atoms with E-state index in [1.807, 2.05) is 0 Å². The third-order valence-electron chi connectivity index (χ3n) is 1.40. The van der Waals surface area contributed by atoms with Crippen LogP contribution in [0.25, 0.3) is 0 Å². The fourth-order valence-electron chi connectivity index (χ4n) is 0.807. The Morgan fingerprint density at radius 2 is 1.67 bits per heavy atom. The third kappa shape index (κ3) is 5.48. The molecule has 0 aliphatic rings. The number of carbonyl (C=O) groups excluding carboxylic acids is 1. The Hall–Kier alpha value is -0.950. The van der Waals surface area contributed by atoms with E-state index in [1.165, 1.54) is 6.92 Å². The second kappa shape index (κ2) is 4.71.